The number of ether oxygens (including phenoxy) is 1. The van der Waals surface area contributed by atoms with E-state index in [9.17, 15) is 0 Å². The van der Waals surface area contributed by atoms with Gasteiger partial charge in [0.1, 0.15) is 12.0 Å². The van der Waals surface area contributed by atoms with Crippen LogP contribution < -0.4 is 10.5 Å². The van der Waals surface area contributed by atoms with E-state index in [1.807, 2.05) is 6.07 Å². The van der Waals surface area contributed by atoms with E-state index in [0.717, 1.165) is 5.56 Å². The minimum Gasteiger partial charge on any atom is -0.491 e. The quantitative estimate of drug-likeness (QED) is 0.840. The Bertz CT molecular complexity index is 589. The maximum atomic E-state index is 8.85. The zero-order valence-corrected chi connectivity index (χ0v) is 9.21. The van der Waals surface area contributed by atoms with Gasteiger partial charge in [-0.1, -0.05) is 12.1 Å². The Labute approximate surface area is 98.5 Å². The second kappa shape index (κ2) is 4.49. The molecule has 1 aromatic carbocycles. The Kier molecular flexibility index (Phi) is 2.88. The number of benzene rings is 1. The van der Waals surface area contributed by atoms with Crippen LogP contribution in [0.3, 0.4) is 0 Å². The second-order valence-corrected chi connectivity index (χ2v) is 3.33. The van der Waals surface area contributed by atoms with E-state index in [1.165, 1.54) is 13.4 Å². The van der Waals surface area contributed by atoms with Gasteiger partial charge in [0.25, 0.3) is 0 Å². The number of nitrogens with two attached hydrogens (primary N) is 1. The van der Waals surface area contributed by atoms with Crippen LogP contribution in [-0.4, -0.2) is 17.1 Å². The Morgan fingerprint density at radius 1 is 1.35 bits per heavy atom. The molecule has 1 aromatic heterocycles. The number of aromatic nitrogens is 2. The number of nitrogen functional groups attached to an aromatic ring is 1. The first-order valence-corrected chi connectivity index (χ1v) is 4.91. The summed E-state index contributed by atoms with van der Waals surface area (Å²) in [6.07, 6.45) is 1.37. The summed E-state index contributed by atoms with van der Waals surface area (Å²) in [5.74, 6) is 0.697. The van der Waals surface area contributed by atoms with Crippen molar-refractivity contribution in [3.63, 3.8) is 0 Å². The number of hydrogen-bond donors (Lipinski definition) is 1. The fraction of sp³-hybridized carbons (Fsp3) is 0.0833. The smallest absolute Gasteiger partial charge is 0.187 e. The van der Waals surface area contributed by atoms with Crippen molar-refractivity contribution < 1.29 is 4.74 Å². The molecule has 84 valence electrons. The largest absolute Gasteiger partial charge is 0.491 e. The summed E-state index contributed by atoms with van der Waals surface area (Å²) < 4.78 is 5.17. The summed E-state index contributed by atoms with van der Waals surface area (Å²) in [6.45, 7) is 0. The molecule has 0 fully saturated rings. The van der Waals surface area contributed by atoms with Crippen LogP contribution in [0.15, 0.2) is 30.6 Å². The van der Waals surface area contributed by atoms with Gasteiger partial charge in [-0.15, -0.1) is 0 Å². The maximum Gasteiger partial charge on any atom is 0.187 e. The van der Waals surface area contributed by atoms with Crippen LogP contribution in [-0.2, 0) is 0 Å². The molecule has 1 heterocycles. The van der Waals surface area contributed by atoms with Gasteiger partial charge in [-0.05, 0) is 12.1 Å². The van der Waals surface area contributed by atoms with Gasteiger partial charge in [-0.25, -0.2) is 9.97 Å². The molecular formula is C12H10N4O. The van der Waals surface area contributed by atoms with Crippen molar-refractivity contribution in [2.45, 2.75) is 0 Å². The molecule has 2 aromatic rings. The Hall–Kier alpha value is -2.61. The molecule has 0 spiro atoms. The molecule has 2 rings (SSSR count). The topological polar surface area (TPSA) is 84.8 Å². The molecule has 5 nitrogen and oxygen atoms in total. The molecule has 0 atom stereocenters. The number of hydrogen-bond acceptors (Lipinski definition) is 5. The van der Waals surface area contributed by atoms with Crippen LogP contribution in [0, 0.1) is 11.3 Å². The summed E-state index contributed by atoms with van der Waals surface area (Å²) in [6, 6.07) is 9.14. The van der Waals surface area contributed by atoms with Gasteiger partial charge in [0.15, 0.2) is 11.6 Å². The predicted octanol–water partition coefficient (Wildman–Crippen LogP) is 1.61. The van der Waals surface area contributed by atoms with Crippen LogP contribution in [0.1, 0.15) is 5.56 Å². The average Bonchev–Trinajstić information content (AvgIpc) is 2.38. The molecule has 0 radical (unpaired) electrons. The first-order chi connectivity index (χ1) is 8.26. The highest BCUT2D eigenvalue weighted by Crippen LogP contribution is 2.31. The lowest BCUT2D eigenvalue weighted by Crippen LogP contribution is -1.99. The molecule has 0 saturated heterocycles. The SMILES string of the molecule is COc1c(N)ncnc1-c1cccc(C#N)c1. The summed E-state index contributed by atoms with van der Waals surface area (Å²) in [5.41, 5.74) is 7.61. The number of nitriles is 1. The Morgan fingerprint density at radius 3 is 2.88 bits per heavy atom. The number of rotatable bonds is 2. The van der Waals surface area contributed by atoms with E-state index in [0.29, 0.717) is 17.0 Å². The van der Waals surface area contributed by atoms with Gasteiger partial charge in [0.05, 0.1) is 18.7 Å². The third kappa shape index (κ3) is 2.01. The Balaban J connectivity index is 2.60. The van der Waals surface area contributed by atoms with Gasteiger partial charge in [0, 0.05) is 5.56 Å². The monoisotopic (exact) mass is 226 g/mol. The molecule has 0 aliphatic heterocycles. The van der Waals surface area contributed by atoms with Crippen molar-refractivity contribution in [2.75, 3.05) is 12.8 Å². The van der Waals surface area contributed by atoms with E-state index in [2.05, 4.69) is 16.0 Å². The summed E-state index contributed by atoms with van der Waals surface area (Å²) in [5, 5.41) is 8.85. The highest BCUT2D eigenvalue weighted by molar-refractivity contribution is 5.72. The highest BCUT2D eigenvalue weighted by Gasteiger charge is 2.11. The zero-order valence-electron chi connectivity index (χ0n) is 9.21. The Morgan fingerprint density at radius 2 is 2.18 bits per heavy atom. The van der Waals surface area contributed by atoms with Crippen LogP contribution in [0.25, 0.3) is 11.3 Å². The molecule has 0 unspecified atom stereocenters. The van der Waals surface area contributed by atoms with Gasteiger partial charge >= 0.3 is 0 Å². The lowest BCUT2D eigenvalue weighted by Gasteiger charge is -2.08. The number of anilines is 1. The lowest BCUT2D eigenvalue weighted by atomic mass is 10.1. The standard InChI is InChI=1S/C12H10N4O/c1-17-11-10(15-7-16-12(11)14)9-4-2-3-8(5-9)6-13/h2-5,7H,1H3,(H2,14,15,16). The third-order valence-electron chi connectivity index (χ3n) is 2.30. The summed E-state index contributed by atoms with van der Waals surface area (Å²) in [7, 11) is 1.51. The van der Waals surface area contributed by atoms with Crippen molar-refractivity contribution in [3.05, 3.63) is 36.2 Å². The predicted molar refractivity (Wildman–Crippen MR) is 63.1 cm³/mol. The van der Waals surface area contributed by atoms with Gasteiger partial charge < -0.3 is 10.5 Å². The normalized spacial score (nSPS) is 9.65. The molecule has 0 amide bonds. The number of methoxy groups -OCH3 is 1. The molecule has 0 aliphatic carbocycles. The fourth-order valence-electron chi connectivity index (χ4n) is 1.53. The molecule has 0 saturated carbocycles. The van der Waals surface area contributed by atoms with E-state index in [4.69, 9.17) is 15.7 Å². The maximum absolute atomic E-state index is 8.85. The minimum absolute atomic E-state index is 0.278. The number of nitrogens with zero attached hydrogens (tertiary/aromatic N) is 3. The van der Waals surface area contributed by atoms with Gasteiger partial charge in [-0.3, -0.25) is 0 Å². The van der Waals surface area contributed by atoms with Crippen molar-refractivity contribution in [3.8, 4) is 23.1 Å². The van der Waals surface area contributed by atoms with Crippen molar-refractivity contribution in [2.24, 2.45) is 0 Å². The molecule has 2 N–H and O–H groups in total. The molecule has 0 aliphatic rings. The van der Waals surface area contributed by atoms with Crippen LogP contribution in [0.5, 0.6) is 5.75 Å². The molecule has 17 heavy (non-hydrogen) atoms. The summed E-state index contributed by atoms with van der Waals surface area (Å²) in [4.78, 5) is 7.99. The van der Waals surface area contributed by atoms with Crippen LogP contribution in [0.4, 0.5) is 5.82 Å². The van der Waals surface area contributed by atoms with Crippen LogP contribution in [0.2, 0.25) is 0 Å². The molecule has 0 bridgehead atoms. The van der Waals surface area contributed by atoms with E-state index in [1.54, 1.807) is 18.2 Å². The van der Waals surface area contributed by atoms with Gasteiger partial charge in [0.2, 0.25) is 0 Å². The van der Waals surface area contributed by atoms with Gasteiger partial charge in [-0.2, -0.15) is 5.26 Å². The highest BCUT2D eigenvalue weighted by atomic mass is 16.5. The second-order valence-electron chi connectivity index (χ2n) is 3.33. The minimum atomic E-state index is 0.278. The fourth-order valence-corrected chi connectivity index (χ4v) is 1.53. The van der Waals surface area contributed by atoms with E-state index in [-0.39, 0.29) is 5.82 Å². The van der Waals surface area contributed by atoms with Crippen LogP contribution >= 0.6 is 0 Å². The molecule has 5 heteroatoms. The van der Waals surface area contributed by atoms with Crippen molar-refractivity contribution >= 4 is 5.82 Å². The van der Waals surface area contributed by atoms with Crippen molar-refractivity contribution in [1.29, 1.82) is 5.26 Å². The van der Waals surface area contributed by atoms with E-state index < -0.39 is 0 Å². The van der Waals surface area contributed by atoms with Crippen molar-refractivity contribution in [1.82, 2.24) is 9.97 Å². The first kappa shape index (κ1) is 10.9. The van der Waals surface area contributed by atoms with E-state index >= 15 is 0 Å². The first-order valence-electron chi connectivity index (χ1n) is 4.91. The lowest BCUT2D eigenvalue weighted by molar-refractivity contribution is 0.415. The molecular weight excluding hydrogens is 216 g/mol. The summed E-state index contributed by atoms with van der Waals surface area (Å²) >= 11 is 0. The average molecular weight is 226 g/mol. The third-order valence-corrected chi connectivity index (χ3v) is 2.30. The zero-order chi connectivity index (χ0) is 12.3.